The van der Waals surface area contributed by atoms with E-state index in [0.29, 0.717) is 6.07 Å². The van der Waals surface area contributed by atoms with Crippen molar-refractivity contribution < 1.29 is 18.1 Å². The molecule has 15 heavy (non-hydrogen) atoms. The molecule has 0 spiro atoms. The number of nitrogens with zero attached hydrogens (tertiary/aromatic N) is 1. The molecule has 0 heterocycles. The van der Waals surface area contributed by atoms with E-state index in [0.717, 1.165) is 12.1 Å². The average molecular weight is 220 g/mol. The standard InChI is InChI=1S/C8H7F3N2O2/c9-5-1-2-6(12-4-8(10)11)7(3-5)13(14)15/h1-3,8,12H,4H2. The van der Waals surface area contributed by atoms with Crippen LogP contribution in [0.4, 0.5) is 24.5 Å². The van der Waals surface area contributed by atoms with Crippen LogP contribution in [0.1, 0.15) is 0 Å². The molecule has 4 nitrogen and oxygen atoms in total. The van der Waals surface area contributed by atoms with Crippen molar-refractivity contribution in [2.24, 2.45) is 0 Å². The highest BCUT2D eigenvalue weighted by molar-refractivity contribution is 5.61. The van der Waals surface area contributed by atoms with E-state index in [4.69, 9.17) is 0 Å². The number of hydrogen-bond donors (Lipinski definition) is 1. The van der Waals surface area contributed by atoms with Crippen LogP contribution in [-0.2, 0) is 0 Å². The summed E-state index contributed by atoms with van der Waals surface area (Å²) in [5.74, 6) is -0.788. The van der Waals surface area contributed by atoms with Crippen molar-refractivity contribution in [2.75, 3.05) is 11.9 Å². The van der Waals surface area contributed by atoms with E-state index in [9.17, 15) is 23.3 Å². The predicted octanol–water partition coefficient (Wildman–Crippen LogP) is 2.41. The fourth-order valence-electron chi connectivity index (χ4n) is 0.992. The van der Waals surface area contributed by atoms with Crippen LogP contribution in [-0.4, -0.2) is 17.9 Å². The highest BCUT2D eigenvalue weighted by Crippen LogP contribution is 2.24. The molecule has 1 aromatic rings. The van der Waals surface area contributed by atoms with Gasteiger partial charge >= 0.3 is 0 Å². The van der Waals surface area contributed by atoms with Crippen molar-refractivity contribution in [3.63, 3.8) is 0 Å². The number of benzene rings is 1. The first kappa shape index (κ1) is 11.3. The predicted molar refractivity (Wildman–Crippen MR) is 47.5 cm³/mol. The quantitative estimate of drug-likeness (QED) is 0.626. The third-order valence-corrected chi connectivity index (χ3v) is 1.60. The van der Waals surface area contributed by atoms with Gasteiger partial charge in [-0.3, -0.25) is 10.1 Å². The normalized spacial score (nSPS) is 10.4. The number of nitrogens with one attached hydrogen (secondary N) is 1. The van der Waals surface area contributed by atoms with Crippen molar-refractivity contribution >= 4 is 11.4 Å². The molecule has 1 rings (SSSR count). The summed E-state index contributed by atoms with van der Waals surface area (Å²) >= 11 is 0. The number of hydrogen-bond acceptors (Lipinski definition) is 3. The highest BCUT2D eigenvalue weighted by atomic mass is 19.3. The van der Waals surface area contributed by atoms with Gasteiger partial charge in [-0.25, -0.2) is 13.2 Å². The molecule has 0 aliphatic carbocycles. The summed E-state index contributed by atoms with van der Waals surface area (Å²) in [5, 5.41) is 12.6. The van der Waals surface area contributed by atoms with Gasteiger partial charge in [0.25, 0.3) is 12.1 Å². The maximum absolute atomic E-state index is 12.6. The first-order chi connectivity index (χ1) is 7.00. The first-order valence-electron chi connectivity index (χ1n) is 3.96. The van der Waals surface area contributed by atoms with E-state index < -0.39 is 29.4 Å². The molecule has 0 radical (unpaired) electrons. The second kappa shape index (κ2) is 4.63. The molecule has 0 aromatic heterocycles. The summed E-state index contributed by atoms with van der Waals surface area (Å²) in [7, 11) is 0. The van der Waals surface area contributed by atoms with Crippen LogP contribution < -0.4 is 5.32 Å². The minimum Gasteiger partial charge on any atom is -0.374 e. The maximum Gasteiger partial charge on any atom is 0.295 e. The van der Waals surface area contributed by atoms with Crippen LogP contribution >= 0.6 is 0 Å². The molecule has 7 heteroatoms. The van der Waals surface area contributed by atoms with Gasteiger partial charge in [-0.2, -0.15) is 0 Å². The Balaban J connectivity index is 2.91. The minimum absolute atomic E-state index is 0.123. The van der Waals surface area contributed by atoms with Crippen LogP contribution in [0.25, 0.3) is 0 Å². The number of rotatable bonds is 4. The van der Waals surface area contributed by atoms with Gasteiger partial charge in [-0.1, -0.05) is 0 Å². The van der Waals surface area contributed by atoms with Gasteiger partial charge in [-0.05, 0) is 12.1 Å². The van der Waals surface area contributed by atoms with Crippen LogP contribution in [0.5, 0.6) is 0 Å². The Morgan fingerprint density at radius 3 is 2.67 bits per heavy atom. The SMILES string of the molecule is O=[N+]([O-])c1cc(F)ccc1NCC(F)F. The van der Waals surface area contributed by atoms with Crippen molar-refractivity contribution in [1.29, 1.82) is 0 Å². The lowest BCUT2D eigenvalue weighted by molar-refractivity contribution is -0.384. The van der Waals surface area contributed by atoms with Gasteiger partial charge in [0.2, 0.25) is 0 Å². The molecular formula is C8H7F3N2O2. The largest absolute Gasteiger partial charge is 0.374 e. The van der Waals surface area contributed by atoms with E-state index in [1.807, 2.05) is 0 Å². The van der Waals surface area contributed by atoms with Crippen molar-refractivity contribution in [3.05, 3.63) is 34.1 Å². The summed E-state index contributed by atoms with van der Waals surface area (Å²) in [5.41, 5.74) is -0.683. The molecule has 0 saturated carbocycles. The lowest BCUT2D eigenvalue weighted by Gasteiger charge is -2.05. The molecule has 0 atom stereocenters. The zero-order chi connectivity index (χ0) is 11.4. The van der Waals surface area contributed by atoms with Gasteiger partial charge in [-0.15, -0.1) is 0 Å². The summed E-state index contributed by atoms with van der Waals surface area (Å²) in [6.07, 6.45) is -2.63. The minimum atomic E-state index is -2.63. The summed E-state index contributed by atoms with van der Waals surface area (Å²) in [6.45, 7) is -0.716. The van der Waals surface area contributed by atoms with Crippen molar-refractivity contribution in [1.82, 2.24) is 0 Å². The molecule has 0 unspecified atom stereocenters. The second-order valence-corrected chi connectivity index (χ2v) is 2.69. The van der Waals surface area contributed by atoms with E-state index in [-0.39, 0.29) is 5.69 Å². The Morgan fingerprint density at radius 2 is 2.13 bits per heavy atom. The molecular weight excluding hydrogens is 213 g/mol. The highest BCUT2D eigenvalue weighted by Gasteiger charge is 2.15. The number of alkyl halides is 2. The number of nitro groups is 1. The monoisotopic (exact) mass is 220 g/mol. The molecule has 1 aromatic carbocycles. The molecule has 0 aliphatic heterocycles. The second-order valence-electron chi connectivity index (χ2n) is 2.69. The number of halogens is 3. The lowest BCUT2D eigenvalue weighted by Crippen LogP contribution is -2.11. The Hall–Kier alpha value is -1.79. The Morgan fingerprint density at radius 1 is 1.47 bits per heavy atom. The summed E-state index contributed by atoms with van der Waals surface area (Å²) in [6, 6.07) is 2.68. The molecule has 82 valence electrons. The van der Waals surface area contributed by atoms with Gasteiger partial charge in [0, 0.05) is 0 Å². The number of nitro benzene ring substituents is 1. The Labute approximate surface area is 82.9 Å². The number of anilines is 1. The van der Waals surface area contributed by atoms with Crippen molar-refractivity contribution in [2.45, 2.75) is 6.43 Å². The Kier molecular flexibility index (Phi) is 3.48. The Bertz CT molecular complexity index is 371. The van der Waals surface area contributed by atoms with Crippen LogP contribution in [0.2, 0.25) is 0 Å². The van der Waals surface area contributed by atoms with Crippen molar-refractivity contribution in [3.8, 4) is 0 Å². The maximum atomic E-state index is 12.6. The smallest absolute Gasteiger partial charge is 0.295 e. The first-order valence-corrected chi connectivity index (χ1v) is 3.96. The zero-order valence-corrected chi connectivity index (χ0v) is 7.41. The molecule has 0 saturated heterocycles. The third kappa shape index (κ3) is 3.12. The van der Waals surface area contributed by atoms with E-state index in [2.05, 4.69) is 5.32 Å². The topological polar surface area (TPSA) is 55.2 Å². The fourth-order valence-corrected chi connectivity index (χ4v) is 0.992. The third-order valence-electron chi connectivity index (χ3n) is 1.60. The molecule has 0 bridgehead atoms. The fraction of sp³-hybridized carbons (Fsp3) is 0.250. The van der Waals surface area contributed by atoms with E-state index in [1.165, 1.54) is 0 Å². The molecule has 0 aliphatic rings. The van der Waals surface area contributed by atoms with Gasteiger partial charge < -0.3 is 5.32 Å². The van der Waals surface area contributed by atoms with E-state index in [1.54, 1.807) is 0 Å². The zero-order valence-electron chi connectivity index (χ0n) is 7.41. The van der Waals surface area contributed by atoms with Gasteiger partial charge in [0.1, 0.15) is 11.5 Å². The molecule has 0 fully saturated rings. The van der Waals surface area contributed by atoms with Crippen LogP contribution in [0.3, 0.4) is 0 Å². The lowest BCUT2D eigenvalue weighted by atomic mass is 10.2. The van der Waals surface area contributed by atoms with E-state index >= 15 is 0 Å². The molecule has 0 amide bonds. The summed E-state index contributed by atoms with van der Waals surface area (Å²) in [4.78, 5) is 9.59. The van der Waals surface area contributed by atoms with Gasteiger partial charge in [0.05, 0.1) is 17.5 Å². The van der Waals surface area contributed by atoms with Crippen LogP contribution in [0, 0.1) is 15.9 Å². The average Bonchev–Trinajstić information content (AvgIpc) is 2.15. The van der Waals surface area contributed by atoms with Gasteiger partial charge in [0.15, 0.2) is 0 Å². The molecule has 1 N–H and O–H groups in total. The summed E-state index contributed by atoms with van der Waals surface area (Å²) < 4.78 is 36.3. The van der Waals surface area contributed by atoms with Crippen LogP contribution in [0.15, 0.2) is 18.2 Å².